The number of pyridine rings is 1. The summed E-state index contributed by atoms with van der Waals surface area (Å²) in [4.78, 5) is 27.6. The van der Waals surface area contributed by atoms with E-state index in [0.29, 0.717) is 23.5 Å². The zero-order valence-corrected chi connectivity index (χ0v) is 12.0. The van der Waals surface area contributed by atoms with Crippen molar-refractivity contribution in [2.45, 2.75) is 18.9 Å². The number of fused-ring (bicyclic) bond motifs is 1. The average molecular weight is 304 g/mol. The molecule has 6 heteroatoms. The van der Waals surface area contributed by atoms with Gasteiger partial charge >= 0.3 is 0 Å². The van der Waals surface area contributed by atoms with E-state index in [9.17, 15) is 9.59 Å². The summed E-state index contributed by atoms with van der Waals surface area (Å²) in [5.74, 6) is -0.259. The number of rotatable bonds is 3. The van der Waals surface area contributed by atoms with Crippen LogP contribution < -0.4 is 10.6 Å². The van der Waals surface area contributed by atoms with E-state index in [0.717, 1.165) is 11.8 Å². The minimum atomic E-state index is -0.288. The van der Waals surface area contributed by atoms with E-state index < -0.39 is 0 Å². The van der Waals surface area contributed by atoms with Gasteiger partial charge < -0.3 is 10.6 Å². The minimum Gasteiger partial charge on any atom is -0.352 e. The molecule has 2 amide bonds. The second kappa shape index (κ2) is 5.69. The maximum absolute atomic E-state index is 12.1. The van der Waals surface area contributed by atoms with Crippen LogP contribution in [0.15, 0.2) is 30.3 Å². The Kier molecular flexibility index (Phi) is 3.75. The number of carbonyl (C=O) groups is 2. The Hall–Kier alpha value is -2.14. The molecule has 1 aliphatic rings. The lowest BCUT2D eigenvalue weighted by Gasteiger charge is -2.11. The normalized spacial score (nSPS) is 17.8. The number of hydrogen-bond acceptors (Lipinski definition) is 3. The van der Waals surface area contributed by atoms with Gasteiger partial charge in [0.15, 0.2) is 0 Å². The first-order valence-electron chi connectivity index (χ1n) is 6.76. The fraction of sp³-hybridized carbons (Fsp3) is 0.267. The van der Waals surface area contributed by atoms with Crippen LogP contribution in [0.2, 0.25) is 5.02 Å². The first-order chi connectivity index (χ1) is 10.1. The van der Waals surface area contributed by atoms with Gasteiger partial charge in [-0.15, -0.1) is 0 Å². The van der Waals surface area contributed by atoms with Crippen LogP contribution in [0, 0.1) is 0 Å². The quantitative estimate of drug-likeness (QED) is 0.909. The summed E-state index contributed by atoms with van der Waals surface area (Å²) < 4.78 is 0. The third-order valence-corrected chi connectivity index (χ3v) is 3.81. The summed E-state index contributed by atoms with van der Waals surface area (Å²) >= 11 is 6.18. The van der Waals surface area contributed by atoms with Crippen molar-refractivity contribution in [1.82, 2.24) is 15.6 Å². The molecule has 0 spiro atoms. The second-order valence-corrected chi connectivity index (χ2v) is 5.43. The van der Waals surface area contributed by atoms with E-state index in [1.54, 1.807) is 6.07 Å². The third kappa shape index (κ3) is 2.97. The maximum Gasteiger partial charge on any atom is 0.270 e. The van der Waals surface area contributed by atoms with Gasteiger partial charge in [0.1, 0.15) is 5.69 Å². The van der Waals surface area contributed by atoms with E-state index in [-0.39, 0.29) is 23.6 Å². The lowest BCUT2D eigenvalue weighted by molar-refractivity contribution is -0.119. The van der Waals surface area contributed by atoms with Gasteiger partial charge in [0.2, 0.25) is 5.91 Å². The van der Waals surface area contributed by atoms with Crippen molar-refractivity contribution in [3.63, 3.8) is 0 Å². The molecule has 108 valence electrons. The highest BCUT2D eigenvalue weighted by Gasteiger charge is 2.21. The Balaban J connectivity index is 1.74. The molecule has 1 aromatic carbocycles. The van der Waals surface area contributed by atoms with Gasteiger partial charge in [-0.25, -0.2) is 4.98 Å². The molecule has 5 nitrogen and oxygen atoms in total. The molecule has 1 atom stereocenters. The number of nitrogens with one attached hydrogen (secondary N) is 2. The Labute approximate surface area is 126 Å². The molecule has 1 fully saturated rings. The van der Waals surface area contributed by atoms with E-state index in [4.69, 9.17) is 11.6 Å². The summed E-state index contributed by atoms with van der Waals surface area (Å²) in [6, 6.07) is 8.96. The number of amides is 2. The number of nitrogens with zero attached hydrogens (tertiary/aromatic N) is 1. The summed E-state index contributed by atoms with van der Waals surface area (Å²) in [6.07, 6.45) is 1.26. The number of para-hydroxylation sites is 1. The van der Waals surface area contributed by atoms with E-state index in [2.05, 4.69) is 15.6 Å². The first-order valence-corrected chi connectivity index (χ1v) is 7.14. The Morgan fingerprint density at radius 1 is 1.43 bits per heavy atom. The monoisotopic (exact) mass is 303 g/mol. The van der Waals surface area contributed by atoms with Gasteiger partial charge in [-0.2, -0.15) is 0 Å². The smallest absolute Gasteiger partial charge is 0.270 e. The first kappa shape index (κ1) is 13.8. The van der Waals surface area contributed by atoms with Gasteiger partial charge in [0.05, 0.1) is 10.5 Å². The van der Waals surface area contributed by atoms with Crippen molar-refractivity contribution in [2.24, 2.45) is 0 Å². The minimum absolute atomic E-state index is 0.00243. The van der Waals surface area contributed by atoms with Gasteiger partial charge in [-0.1, -0.05) is 29.8 Å². The van der Waals surface area contributed by atoms with Gasteiger partial charge in [0, 0.05) is 24.4 Å². The molecule has 2 aromatic rings. The fourth-order valence-corrected chi connectivity index (χ4v) is 2.65. The highest BCUT2D eigenvalue weighted by molar-refractivity contribution is 6.35. The van der Waals surface area contributed by atoms with Gasteiger partial charge in [-0.3, -0.25) is 9.59 Å². The van der Waals surface area contributed by atoms with Crippen molar-refractivity contribution >= 4 is 34.3 Å². The molecule has 1 aliphatic heterocycles. The van der Waals surface area contributed by atoms with Crippen LogP contribution in [-0.4, -0.2) is 29.4 Å². The van der Waals surface area contributed by atoms with Crippen LogP contribution in [-0.2, 0) is 4.79 Å². The van der Waals surface area contributed by atoms with Crippen LogP contribution in [0.4, 0.5) is 0 Å². The topological polar surface area (TPSA) is 71.1 Å². The molecule has 0 aliphatic carbocycles. The van der Waals surface area contributed by atoms with Crippen LogP contribution in [0.1, 0.15) is 23.3 Å². The van der Waals surface area contributed by atoms with Crippen molar-refractivity contribution in [1.29, 1.82) is 0 Å². The second-order valence-electron chi connectivity index (χ2n) is 5.02. The van der Waals surface area contributed by atoms with Crippen molar-refractivity contribution in [3.8, 4) is 0 Å². The Bertz CT molecular complexity index is 717. The predicted molar refractivity (Wildman–Crippen MR) is 80.3 cm³/mol. The van der Waals surface area contributed by atoms with E-state index >= 15 is 0 Å². The number of carbonyl (C=O) groups excluding carboxylic acids is 2. The van der Waals surface area contributed by atoms with E-state index in [1.165, 1.54) is 0 Å². The fourth-order valence-electron chi connectivity index (χ4n) is 2.39. The molecule has 1 aromatic heterocycles. The van der Waals surface area contributed by atoms with E-state index in [1.807, 2.05) is 24.3 Å². The van der Waals surface area contributed by atoms with Gasteiger partial charge in [-0.05, 0) is 18.6 Å². The number of hydrogen-bond donors (Lipinski definition) is 2. The lowest BCUT2D eigenvalue weighted by Crippen LogP contribution is -2.38. The summed E-state index contributed by atoms with van der Waals surface area (Å²) in [6.45, 7) is 0.400. The van der Waals surface area contributed by atoms with Crippen LogP contribution in [0.3, 0.4) is 0 Å². The molecule has 0 bridgehead atoms. The van der Waals surface area contributed by atoms with Crippen LogP contribution in [0.5, 0.6) is 0 Å². The average Bonchev–Trinajstić information content (AvgIpc) is 2.90. The highest BCUT2D eigenvalue weighted by atomic mass is 35.5. The predicted octanol–water partition coefficient (Wildman–Crippen LogP) is 1.90. The standard InChI is InChI=1S/C15H14ClN3O2/c16-11-7-13(19-12-4-2-1-3-10(11)12)15(21)17-8-9-5-6-14(20)18-9/h1-4,7,9H,5-6,8H2,(H,17,21)(H,18,20). The SMILES string of the molecule is O=C1CCC(CNC(=O)c2cc(Cl)c3ccccc3n2)N1. The van der Waals surface area contributed by atoms with Crippen LogP contribution >= 0.6 is 11.6 Å². The summed E-state index contributed by atoms with van der Waals surface area (Å²) in [7, 11) is 0. The number of aromatic nitrogens is 1. The largest absolute Gasteiger partial charge is 0.352 e. The highest BCUT2D eigenvalue weighted by Crippen LogP contribution is 2.22. The zero-order chi connectivity index (χ0) is 14.8. The van der Waals surface area contributed by atoms with Crippen molar-refractivity contribution in [3.05, 3.63) is 41.0 Å². The Morgan fingerprint density at radius 3 is 3.00 bits per heavy atom. The molecule has 0 saturated carbocycles. The molecular formula is C15H14ClN3O2. The molecule has 1 saturated heterocycles. The van der Waals surface area contributed by atoms with Crippen molar-refractivity contribution < 1.29 is 9.59 Å². The Morgan fingerprint density at radius 2 is 2.24 bits per heavy atom. The van der Waals surface area contributed by atoms with Crippen LogP contribution in [0.25, 0.3) is 10.9 Å². The molecule has 21 heavy (non-hydrogen) atoms. The maximum atomic E-state index is 12.1. The van der Waals surface area contributed by atoms with Gasteiger partial charge in [0.25, 0.3) is 5.91 Å². The number of halogens is 1. The number of benzene rings is 1. The summed E-state index contributed by atoms with van der Waals surface area (Å²) in [5, 5.41) is 6.90. The molecule has 0 radical (unpaired) electrons. The lowest BCUT2D eigenvalue weighted by atomic mass is 10.2. The zero-order valence-electron chi connectivity index (χ0n) is 11.2. The van der Waals surface area contributed by atoms with Crippen molar-refractivity contribution in [2.75, 3.05) is 6.54 Å². The third-order valence-electron chi connectivity index (χ3n) is 3.49. The molecule has 2 heterocycles. The molecule has 2 N–H and O–H groups in total. The summed E-state index contributed by atoms with van der Waals surface area (Å²) in [5.41, 5.74) is 0.965. The molecule has 3 rings (SSSR count). The molecule has 1 unspecified atom stereocenters. The molecular weight excluding hydrogens is 290 g/mol.